The third kappa shape index (κ3) is 4.98. The monoisotopic (exact) mass is 511 g/mol. The molecule has 10 nitrogen and oxygen atoms in total. The molecular weight excluding hydrogens is 474 g/mol. The number of benzene rings is 1. The summed E-state index contributed by atoms with van der Waals surface area (Å²) < 4.78 is 8.64. The Hall–Kier alpha value is -3.30. The molecule has 1 aromatic heterocycles. The average molecular weight is 512 g/mol. The second-order valence-corrected chi connectivity index (χ2v) is 11.7. The number of fused-ring (bicyclic) bond motifs is 1. The van der Waals surface area contributed by atoms with Crippen molar-refractivity contribution in [1.82, 2.24) is 19.4 Å². The van der Waals surface area contributed by atoms with Gasteiger partial charge in [-0.05, 0) is 76.5 Å². The summed E-state index contributed by atoms with van der Waals surface area (Å²) in [6.45, 7) is 9.04. The van der Waals surface area contributed by atoms with Gasteiger partial charge in [0.05, 0.1) is 11.0 Å². The van der Waals surface area contributed by atoms with E-state index in [1.165, 1.54) is 4.57 Å². The van der Waals surface area contributed by atoms with Crippen molar-refractivity contribution in [1.29, 1.82) is 0 Å². The van der Waals surface area contributed by atoms with E-state index in [4.69, 9.17) is 4.74 Å². The number of ether oxygens (including phenoxy) is 1. The molecule has 200 valence electrons. The van der Waals surface area contributed by atoms with Crippen molar-refractivity contribution in [2.75, 3.05) is 31.1 Å². The summed E-state index contributed by atoms with van der Waals surface area (Å²) in [6.07, 6.45) is 3.41. The zero-order valence-corrected chi connectivity index (χ0v) is 22.2. The van der Waals surface area contributed by atoms with Gasteiger partial charge in [-0.25, -0.2) is 9.59 Å². The zero-order valence-electron chi connectivity index (χ0n) is 22.2. The van der Waals surface area contributed by atoms with E-state index in [9.17, 15) is 19.2 Å². The van der Waals surface area contributed by atoms with Gasteiger partial charge < -0.3 is 14.5 Å². The van der Waals surface area contributed by atoms with Gasteiger partial charge in [0.2, 0.25) is 11.8 Å². The Morgan fingerprint density at radius 3 is 2.35 bits per heavy atom. The molecule has 0 aliphatic carbocycles. The summed E-state index contributed by atoms with van der Waals surface area (Å²) in [4.78, 5) is 53.7. The van der Waals surface area contributed by atoms with Crippen LogP contribution >= 0.6 is 0 Å². The summed E-state index contributed by atoms with van der Waals surface area (Å²) in [5.74, 6) is 0.421. The number of amides is 3. The highest BCUT2D eigenvalue weighted by Gasteiger charge is 2.35. The Labute approximate surface area is 216 Å². The number of rotatable bonds is 3. The summed E-state index contributed by atoms with van der Waals surface area (Å²) in [7, 11) is 1.72. The lowest BCUT2D eigenvalue weighted by Gasteiger charge is -2.35. The molecule has 3 aliphatic rings. The highest BCUT2D eigenvalue weighted by molar-refractivity contribution is 6.00. The number of imide groups is 1. The summed E-state index contributed by atoms with van der Waals surface area (Å²) >= 11 is 0. The van der Waals surface area contributed by atoms with Crippen LogP contribution < -0.4 is 15.9 Å². The standard InChI is InChI=1S/C27H37N5O5/c1-27(2,3)37-26(36)30-12-9-17(10-13-30)18-11-14-31(16-18)19-5-6-20-22(15-19)29(4)25(35)32(20)21-7-8-23(33)28-24(21)34/h5-6,15,17-18,21H,7-14,16H2,1-4H3,(H,28,33,34)/t18-,21?/m0/s1. The average Bonchev–Trinajstić information content (AvgIpc) is 3.42. The van der Waals surface area contributed by atoms with E-state index in [0.717, 1.165) is 56.6 Å². The van der Waals surface area contributed by atoms with Crippen molar-refractivity contribution in [2.24, 2.45) is 18.9 Å². The first-order chi connectivity index (χ1) is 17.5. The molecule has 3 amide bonds. The van der Waals surface area contributed by atoms with Gasteiger partial charge in [0, 0.05) is 45.3 Å². The van der Waals surface area contributed by atoms with E-state index in [1.807, 2.05) is 43.9 Å². The Balaban J connectivity index is 1.26. The van der Waals surface area contributed by atoms with Crippen molar-refractivity contribution < 1.29 is 19.1 Å². The highest BCUT2D eigenvalue weighted by atomic mass is 16.6. The highest BCUT2D eigenvalue weighted by Crippen LogP contribution is 2.35. The fraction of sp³-hybridized carbons (Fsp3) is 0.630. The van der Waals surface area contributed by atoms with Gasteiger partial charge in [-0.2, -0.15) is 0 Å². The molecule has 3 saturated heterocycles. The van der Waals surface area contributed by atoms with E-state index < -0.39 is 17.6 Å². The number of hydrogen-bond acceptors (Lipinski definition) is 6. The van der Waals surface area contributed by atoms with Gasteiger partial charge in [-0.3, -0.25) is 24.0 Å². The number of piperidine rings is 2. The lowest BCUT2D eigenvalue weighted by molar-refractivity contribution is -0.135. The minimum atomic E-state index is -0.678. The number of aromatic nitrogens is 2. The normalized spacial score (nSPS) is 23.6. The van der Waals surface area contributed by atoms with E-state index in [0.29, 0.717) is 23.8 Å². The van der Waals surface area contributed by atoms with Crippen molar-refractivity contribution in [3.8, 4) is 0 Å². The maximum Gasteiger partial charge on any atom is 0.410 e. The number of carbonyl (C=O) groups is 3. The molecule has 0 bridgehead atoms. The molecule has 0 saturated carbocycles. The molecule has 1 unspecified atom stereocenters. The minimum absolute atomic E-state index is 0.220. The van der Waals surface area contributed by atoms with E-state index >= 15 is 0 Å². The maximum atomic E-state index is 13.1. The molecule has 4 heterocycles. The molecule has 3 fully saturated rings. The van der Waals surface area contributed by atoms with Gasteiger partial charge in [0.25, 0.3) is 0 Å². The number of hydrogen-bond donors (Lipinski definition) is 1. The lowest BCUT2D eigenvalue weighted by atomic mass is 9.84. The number of likely N-dealkylation sites (tertiary alicyclic amines) is 1. The Morgan fingerprint density at radius 1 is 0.973 bits per heavy atom. The third-order valence-corrected chi connectivity index (χ3v) is 8.04. The first-order valence-electron chi connectivity index (χ1n) is 13.3. The van der Waals surface area contributed by atoms with Crippen LogP contribution in [-0.4, -0.2) is 63.7 Å². The van der Waals surface area contributed by atoms with Gasteiger partial charge in [0.15, 0.2) is 0 Å². The number of anilines is 1. The van der Waals surface area contributed by atoms with Crippen LogP contribution in [-0.2, 0) is 21.4 Å². The minimum Gasteiger partial charge on any atom is -0.444 e. The van der Waals surface area contributed by atoms with Crippen LogP contribution in [0.5, 0.6) is 0 Å². The smallest absolute Gasteiger partial charge is 0.410 e. The van der Waals surface area contributed by atoms with Crippen molar-refractivity contribution in [2.45, 2.75) is 64.5 Å². The number of imidazole rings is 1. The molecule has 0 radical (unpaired) electrons. The summed E-state index contributed by atoms with van der Waals surface area (Å²) in [6, 6.07) is 5.30. The molecule has 3 aliphatic heterocycles. The zero-order chi connectivity index (χ0) is 26.5. The van der Waals surface area contributed by atoms with Gasteiger partial charge in [-0.1, -0.05) is 0 Å². The van der Waals surface area contributed by atoms with Gasteiger partial charge >= 0.3 is 11.8 Å². The van der Waals surface area contributed by atoms with E-state index in [2.05, 4.69) is 10.2 Å². The Morgan fingerprint density at radius 2 is 1.68 bits per heavy atom. The molecule has 10 heteroatoms. The van der Waals surface area contributed by atoms with E-state index in [-0.39, 0.29) is 24.1 Å². The molecule has 1 aromatic carbocycles. The predicted octanol–water partition coefficient (Wildman–Crippen LogP) is 2.79. The second kappa shape index (κ2) is 9.54. The molecule has 1 N–H and O–H groups in total. The molecule has 37 heavy (non-hydrogen) atoms. The first kappa shape index (κ1) is 25.4. The van der Waals surface area contributed by atoms with Crippen LogP contribution in [0.2, 0.25) is 0 Å². The SMILES string of the molecule is Cn1c(=O)n(C2CCC(=O)NC2=O)c2ccc(N3CC[C@H](C4CCN(C(=O)OC(C)(C)C)CC4)C3)cc21. The molecule has 2 aromatic rings. The number of carbonyl (C=O) groups excluding carboxylic acids is 3. The first-order valence-corrected chi connectivity index (χ1v) is 13.3. The number of aryl methyl sites for hydroxylation is 1. The fourth-order valence-corrected chi connectivity index (χ4v) is 6.06. The van der Waals surface area contributed by atoms with Gasteiger partial charge in [-0.15, -0.1) is 0 Å². The maximum absolute atomic E-state index is 13.1. The lowest BCUT2D eigenvalue weighted by Crippen LogP contribution is -2.44. The summed E-state index contributed by atoms with van der Waals surface area (Å²) in [5.41, 5.74) is 1.82. The quantitative estimate of drug-likeness (QED) is 0.636. The fourth-order valence-electron chi connectivity index (χ4n) is 6.06. The number of nitrogens with zero attached hydrogens (tertiary/aromatic N) is 4. The van der Waals surface area contributed by atoms with E-state index in [1.54, 1.807) is 11.6 Å². The van der Waals surface area contributed by atoms with Gasteiger partial charge in [0.1, 0.15) is 11.6 Å². The Bertz CT molecular complexity index is 1280. The van der Waals surface area contributed by atoms with Crippen LogP contribution in [0.3, 0.4) is 0 Å². The second-order valence-electron chi connectivity index (χ2n) is 11.7. The molecule has 0 spiro atoms. The van der Waals surface area contributed by atoms with Crippen LogP contribution in [0.4, 0.5) is 10.5 Å². The molecule has 5 rings (SSSR count). The van der Waals surface area contributed by atoms with Crippen LogP contribution in [0.1, 0.15) is 58.9 Å². The predicted molar refractivity (Wildman–Crippen MR) is 139 cm³/mol. The molecule has 2 atom stereocenters. The van der Waals surface area contributed by atoms with Crippen molar-refractivity contribution >= 4 is 34.6 Å². The third-order valence-electron chi connectivity index (χ3n) is 8.04. The Kier molecular flexibility index (Phi) is 6.53. The van der Waals surface area contributed by atoms with Crippen molar-refractivity contribution in [3.05, 3.63) is 28.7 Å². The topological polar surface area (TPSA) is 106 Å². The van der Waals surface area contributed by atoms with Crippen LogP contribution in [0, 0.1) is 11.8 Å². The molecular formula is C27H37N5O5. The van der Waals surface area contributed by atoms with Crippen LogP contribution in [0.25, 0.3) is 11.0 Å². The van der Waals surface area contributed by atoms with Crippen LogP contribution in [0.15, 0.2) is 23.0 Å². The summed E-state index contributed by atoms with van der Waals surface area (Å²) in [5, 5.41) is 2.36. The number of nitrogens with one attached hydrogen (secondary N) is 1. The largest absolute Gasteiger partial charge is 0.444 e. The van der Waals surface area contributed by atoms with Crippen molar-refractivity contribution in [3.63, 3.8) is 0 Å².